The summed E-state index contributed by atoms with van der Waals surface area (Å²) in [4.78, 5) is 3.25. The monoisotopic (exact) mass is 259 g/mol. The Balaban J connectivity index is 2.63. The molecule has 5 nitrogen and oxygen atoms in total. The van der Waals surface area contributed by atoms with Crippen molar-refractivity contribution in [3.05, 3.63) is 18.2 Å². The van der Waals surface area contributed by atoms with E-state index in [2.05, 4.69) is 18.1 Å². The van der Waals surface area contributed by atoms with E-state index in [1.807, 2.05) is 10.9 Å². The number of imidazole rings is 1. The lowest BCUT2D eigenvalue weighted by atomic mass is 10.2. The van der Waals surface area contributed by atoms with Gasteiger partial charge >= 0.3 is 8.80 Å². The predicted molar refractivity (Wildman–Crippen MR) is 66.4 cm³/mol. The fraction of sp³-hybridized carbons (Fsp3) is 0.727. The summed E-state index contributed by atoms with van der Waals surface area (Å²) in [6.07, 6.45) is 8.12. The zero-order valence-electron chi connectivity index (χ0n) is 11.2. The highest BCUT2D eigenvalue weighted by Gasteiger charge is 2.41. The highest BCUT2D eigenvalue weighted by molar-refractivity contribution is 6.58. The maximum Gasteiger partial charge on any atom is 0.544 e. The zero-order valence-corrected chi connectivity index (χ0v) is 12.2. The van der Waals surface area contributed by atoms with Gasteiger partial charge in [0.2, 0.25) is 6.33 Å². The molecule has 6 heteroatoms. The van der Waals surface area contributed by atoms with Crippen LogP contribution in [0.5, 0.6) is 0 Å². The van der Waals surface area contributed by atoms with Crippen LogP contribution in [0.3, 0.4) is 0 Å². The highest BCUT2D eigenvalue weighted by atomic mass is 28.4. The van der Waals surface area contributed by atoms with Crippen LogP contribution in [0, 0.1) is 0 Å². The van der Waals surface area contributed by atoms with Crippen LogP contribution in [0.4, 0.5) is 0 Å². The molecule has 0 amide bonds. The molecule has 0 saturated heterocycles. The second-order valence-electron chi connectivity index (χ2n) is 4.00. The number of aromatic amines is 1. The Morgan fingerprint density at radius 1 is 1.24 bits per heavy atom. The van der Waals surface area contributed by atoms with Crippen molar-refractivity contribution in [3.8, 4) is 0 Å². The minimum Gasteiger partial charge on any atom is -0.375 e. The molecule has 1 N–H and O–H groups in total. The molecule has 0 unspecified atom stereocenters. The molecule has 0 saturated carbocycles. The number of nitrogens with one attached hydrogen (secondary N) is 1. The molecule has 0 aliphatic carbocycles. The number of H-pyrrole nitrogens is 1. The van der Waals surface area contributed by atoms with E-state index >= 15 is 0 Å². The van der Waals surface area contributed by atoms with Gasteiger partial charge in [0.25, 0.3) is 0 Å². The van der Waals surface area contributed by atoms with Crippen LogP contribution >= 0.6 is 0 Å². The standard InChI is InChI=1S/C11H22N2O3Si/c1-5-6-7-11-8-13(9-12-11)10-17(14-2,15-3)16-4/h8-9H,5-7,10H2,1-4H3/p+1. The molecule has 17 heavy (non-hydrogen) atoms. The van der Waals surface area contributed by atoms with Gasteiger partial charge < -0.3 is 13.3 Å². The first-order chi connectivity index (χ1) is 8.19. The van der Waals surface area contributed by atoms with Crippen molar-refractivity contribution in [1.29, 1.82) is 0 Å². The number of aromatic nitrogens is 2. The van der Waals surface area contributed by atoms with Gasteiger partial charge in [-0.1, -0.05) is 13.3 Å². The van der Waals surface area contributed by atoms with Crippen LogP contribution in [-0.4, -0.2) is 35.1 Å². The second-order valence-corrected chi connectivity index (χ2v) is 6.91. The summed E-state index contributed by atoms with van der Waals surface area (Å²) in [6, 6.07) is 0. The Hall–Kier alpha value is -0.693. The van der Waals surface area contributed by atoms with Gasteiger partial charge in [-0.05, 0) is 6.42 Å². The molecule has 0 aliphatic rings. The van der Waals surface area contributed by atoms with Crippen molar-refractivity contribution in [2.75, 3.05) is 21.3 Å². The molecular weight excluding hydrogens is 236 g/mol. The average Bonchev–Trinajstić information content (AvgIpc) is 2.81. The van der Waals surface area contributed by atoms with Gasteiger partial charge in [-0.15, -0.1) is 0 Å². The van der Waals surface area contributed by atoms with E-state index in [1.165, 1.54) is 18.5 Å². The molecule has 1 heterocycles. The van der Waals surface area contributed by atoms with Crippen molar-refractivity contribution < 1.29 is 17.8 Å². The molecule has 0 spiro atoms. The van der Waals surface area contributed by atoms with Crippen LogP contribution in [0.1, 0.15) is 25.5 Å². The lowest BCUT2D eigenvalue weighted by Gasteiger charge is -2.21. The Kier molecular flexibility index (Phi) is 5.83. The number of aryl methyl sites for hydroxylation is 1. The normalized spacial score (nSPS) is 12.0. The average molecular weight is 259 g/mol. The number of rotatable bonds is 8. The highest BCUT2D eigenvalue weighted by Crippen LogP contribution is 2.06. The third kappa shape index (κ3) is 3.92. The van der Waals surface area contributed by atoms with Crippen molar-refractivity contribution in [3.63, 3.8) is 0 Å². The van der Waals surface area contributed by atoms with Gasteiger partial charge in [-0.25, -0.2) is 9.55 Å². The first kappa shape index (κ1) is 14.4. The smallest absolute Gasteiger partial charge is 0.375 e. The van der Waals surface area contributed by atoms with E-state index in [4.69, 9.17) is 13.3 Å². The van der Waals surface area contributed by atoms with Crippen molar-refractivity contribution >= 4 is 8.80 Å². The fourth-order valence-corrected chi connectivity index (χ4v) is 3.22. The summed E-state index contributed by atoms with van der Waals surface area (Å²) >= 11 is 0. The van der Waals surface area contributed by atoms with Crippen molar-refractivity contribution in [2.24, 2.45) is 0 Å². The van der Waals surface area contributed by atoms with Gasteiger partial charge in [0.05, 0.1) is 0 Å². The maximum atomic E-state index is 5.39. The number of hydrogen-bond acceptors (Lipinski definition) is 3. The van der Waals surface area contributed by atoms with Crippen molar-refractivity contribution in [2.45, 2.75) is 32.4 Å². The summed E-state index contributed by atoms with van der Waals surface area (Å²) in [7, 11) is 2.36. The van der Waals surface area contributed by atoms with E-state index in [9.17, 15) is 0 Å². The molecule has 0 fully saturated rings. The third-order valence-corrected chi connectivity index (χ3v) is 5.46. The van der Waals surface area contributed by atoms with Crippen LogP contribution in [0.25, 0.3) is 0 Å². The van der Waals surface area contributed by atoms with Gasteiger partial charge in [0.1, 0.15) is 11.9 Å². The molecule has 0 aromatic carbocycles. The van der Waals surface area contributed by atoms with E-state index in [0.29, 0.717) is 6.17 Å². The maximum absolute atomic E-state index is 5.39. The molecule has 0 atom stereocenters. The van der Waals surface area contributed by atoms with E-state index < -0.39 is 8.80 Å². The summed E-state index contributed by atoms with van der Waals surface area (Å²) in [5.74, 6) is 0. The third-order valence-electron chi connectivity index (χ3n) is 2.85. The molecule has 1 aromatic heterocycles. The summed E-state index contributed by atoms with van der Waals surface area (Å²) < 4.78 is 18.2. The minimum atomic E-state index is -2.53. The Morgan fingerprint density at radius 3 is 2.41 bits per heavy atom. The van der Waals surface area contributed by atoms with E-state index in [-0.39, 0.29) is 0 Å². The summed E-state index contributed by atoms with van der Waals surface area (Å²) in [5, 5.41) is 0. The largest absolute Gasteiger partial charge is 0.544 e. The van der Waals surface area contributed by atoms with Crippen LogP contribution in [0.15, 0.2) is 12.5 Å². The molecule has 0 radical (unpaired) electrons. The quantitative estimate of drug-likeness (QED) is 0.561. The number of hydrogen-bond donors (Lipinski definition) is 1. The van der Waals surface area contributed by atoms with Gasteiger partial charge in [0, 0.05) is 27.8 Å². The van der Waals surface area contributed by atoms with Gasteiger partial charge in [0.15, 0.2) is 6.17 Å². The first-order valence-electron chi connectivity index (χ1n) is 5.91. The van der Waals surface area contributed by atoms with Crippen LogP contribution in [0.2, 0.25) is 0 Å². The predicted octanol–water partition coefficient (Wildman–Crippen LogP) is 1.06. The molecule has 98 valence electrons. The topological polar surface area (TPSA) is 47.4 Å². The zero-order chi connectivity index (χ0) is 12.7. The molecule has 1 aromatic rings. The van der Waals surface area contributed by atoms with Gasteiger partial charge in [-0.3, -0.25) is 0 Å². The molecular formula is C11H23N2O3Si+. The Bertz CT molecular complexity index is 318. The fourth-order valence-electron chi connectivity index (χ4n) is 1.70. The second kappa shape index (κ2) is 6.90. The first-order valence-corrected chi connectivity index (χ1v) is 7.84. The number of unbranched alkanes of at least 4 members (excludes halogenated alkanes) is 1. The number of nitrogens with zero attached hydrogens (tertiary/aromatic N) is 1. The molecule has 0 aliphatic heterocycles. The molecule has 0 bridgehead atoms. The Labute approximate surface area is 104 Å². The SMILES string of the molecule is CCCCc1c[n+](C[Si](OC)(OC)OC)c[nH]1. The Morgan fingerprint density at radius 2 is 1.88 bits per heavy atom. The lowest BCUT2D eigenvalue weighted by Crippen LogP contribution is -2.55. The van der Waals surface area contributed by atoms with E-state index in [1.54, 1.807) is 21.3 Å². The summed E-state index contributed by atoms with van der Waals surface area (Å²) in [5.41, 5.74) is 1.23. The lowest BCUT2D eigenvalue weighted by molar-refractivity contribution is -0.684. The van der Waals surface area contributed by atoms with Crippen LogP contribution in [-0.2, 0) is 25.9 Å². The van der Waals surface area contributed by atoms with Crippen molar-refractivity contribution in [1.82, 2.24) is 4.98 Å². The van der Waals surface area contributed by atoms with E-state index in [0.717, 1.165) is 6.42 Å². The van der Waals surface area contributed by atoms with Gasteiger partial charge in [-0.2, -0.15) is 0 Å². The molecule has 1 rings (SSSR count). The minimum absolute atomic E-state index is 0.624. The van der Waals surface area contributed by atoms with Crippen LogP contribution < -0.4 is 4.57 Å². The summed E-state index contributed by atoms with van der Waals surface area (Å²) in [6.45, 7) is 2.19.